The average molecular weight is 306 g/mol. The van der Waals surface area contributed by atoms with Crippen LogP contribution in [-0.2, 0) is 9.59 Å². The summed E-state index contributed by atoms with van der Waals surface area (Å²) < 4.78 is 0. The number of hydrogen-bond donors (Lipinski definition) is 3. The van der Waals surface area contributed by atoms with Gasteiger partial charge in [0.1, 0.15) is 0 Å². The third kappa shape index (κ3) is 8.38. The first-order valence-electron chi connectivity index (χ1n) is 7.32. The highest BCUT2D eigenvalue weighted by molar-refractivity contribution is 5.85. The lowest BCUT2D eigenvalue weighted by atomic mass is 9.87. The van der Waals surface area contributed by atoms with Crippen LogP contribution in [0.15, 0.2) is 0 Å². The van der Waals surface area contributed by atoms with Gasteiger partial charge in [-0.25, -0.2) is 0 Å². The SMILES string of the molecule is CNC(C)CNC(=O)CNC(=O)CC1CCCCC1.Cl. The lowest BCUT2D eigenvalue weighted by molar-refractivity contribution is -0.126. The van der Waals surface area contributed by atoms with Gasteiger partial charge < -0.3 is 16.0 Å². The number of hydrogen-bond acceptors (Lipinski definition) is 3. The summed E-state index contributed by atoms with van der Waals surface area (Å²) in [6.07, 6.45) is 6.64. The summed E-state index contributed by atoms with van der Waals surface area (Å²) in [6.45, 7) is 2.65. The third-order valence-corrected chi connectivity index (χ3v) is 3.74. The van der Waals surface area contributed by atoms with Crippen LogP contribution in [0.4, 0.5) is 0 Å². The lowest BCUT2D eigenvalue weighted by Gasteiger charge is -2.20. The molecule has 0 aliphatic heterocycles. The fraction of sp³-hybridized carbons (Fsp3) is 0.857. The Hall–Kier alpha value is -0.810. The molecule has 1 aliphatic carbocycles. The Morgan fingerprint density at radius 2 is 1.75 bits per heavy atom. The average Bonchev–Trinajstić information content (AvgIpc) is 2.43. The zero-order valence-corrected chi connectivity index (χ0v) is 13.4. The van der Waals surface area contributed by atoms with Gasteiger partial charge in [-0.3, -0.25) is 9.59 Å². The van der Waals surface area contributed by atoms with Crippen LogP contribution in [0.5, 0.6) is 0 Å². The van der Waals surface area contributed by atoms with E-state index in [-0.39, 0.29) is 36.8 Å². The summed E-state index contributed by atoms with van der Waals surface area (Å²) in [7, 11) is 1.85. The molecule has 0 heterocycles. The number of rotatable bonds is 7. The largest absolute Gasteiger partial charge is 0.353 e. The molecule has 6 heteroatoms. The van der Waals surface area contributed by atoms with Gasteiger partial charge in [0.05, 0.1) is 6.54 Å². The van der Waals surface area contributed by atoms with Gasteiger partial charge in [-0.15, -0.1) is 12.4 Å². The molecule has 1 aliphatic rings. The van der Waals surface area contributed by atoms with Crippen LogP contribution in [0.1, 0.15) is 45.4 Å². The van der Waals surface area contributed by atoms with Crippen LogP contribution in [-0.4, -0.2) is 38.0 Å². The molecule has 0 saturated heterocycles. The Morgan fingerprint density at radius 1 is 1.10 bits per heavy atom. The number of halogens is 1. The molecular weight excluding hydrogens is 278 g/mol. The number of carbonyl (C=O) groups excluding carboxylic acids is 2. The maximum absolute atomic E-state index is 11.7. The van der Waals surface area contributed by atoms with Crippen LogP contribution in [0.3, 0.4) is 0 Å². The number of likely N-dealkylation sites (N-methyl/N-ethyl adjacent to an activating group) is 1. The molecule has 0 radical (unpaired) electrons. The molecule has 0 spiro atoms. The molecule has 0 bridgehead atoms. The van der Waals surface area contributed by atoms with Crippen molar-refractivity contribution in [2.24, 2.45) is 5.92 Å². The Kier molecular flexibility index (Phi) is 10.5. The standard InChI is InChI=1S/C14H27N3O2.ClH/c1-11(15-2)9-16-14(19)10-17-13(18)8-12-6-4-3-5-7-12;/h11-12,15H,3-10H2,1-2H3,(H,16,19)(H,17,18);1H. The Bertz CT molecular complexity index is 294. The molecule has 1 fully saturated rings. The van der Waals surface area contributed by atoms with Gasteiger partial charge >= 0.3 is 0 Å². The Labute approximate surface area is 128 Å². The van der Waals surface area contributed by atoms with Crippen molar-refractivity contribution in [1.82, 2.24) is 16.0 Å². The second-order valence-corrected chi connectivity index (χ2v) is 5.48. The number of amides is 2. The van der Waals surface area contributed by atoms with Crippen molar-refractivity contribution >= 4 is 24.2 Å². The molecule has 2 amide bonds. The molecule has 1 atom stereocenters. The van der Waals surface area contributed by atoms with E-state index in [1.165, 1.54) is 19.3 Å². The number of carbonyl (C=O) groups is 2. The van der Waals surface area contributed by atoms with Gasteiger partial charge in [-0.05, 0) is 32.7 Å². The molecule has 5 nitrogen and oxygen atoms in total. The van der Waals surface area contributed by atoms with Gasteiger partial charge in [0, 0.05) is 19.0 Å². The summed E-state index contributed by atoms with van der Waals surface area (Å²) >= 11 is 0. The minimum atomic E-state index is -0.126. The summed E-state index contributed by atoms with van der Waals surface area (Å²) in [6, 6.07) is 0.238. The highest BCUT2D eigenvalue weighted by Gasteiger charge is 2.17. The fourth-order valence-electron chi connectivity index (χ4n) is 2.34. The normalized spacial score (nSPS) is 16.9. The van der Waals surface area contributed by atoms with Gasteiger partial charge in [0.25, 0.3) is 0 Å². The number of nitrogens with one attached hydrogen (secondary N) is 3. The molecule has 3 N–H and O–H groups in total. The minimum Gasteiger partial charge on any atom is -0.353 e. The van der Waals surface area contributed by atoms with E-state index in [0.29, 0.717) is 18.9 Å². The van der Waals surface area contributed by atoms with E-state index in [4.69, 9.17) is 0 Å². The van der Waals surface area contributed by atoms with Crippen molar-refractivity contribution in [3.63, 3.8) is 0 Å². The van der Waals surface area contributed by atoms with Crippen molar-refractivity contribution in [3.8, 4) is 0 Å². The molecule has 1 saturated carbocycles. The fourth-order valence-corrected chi connectivity index (χ4v) is 2.34. The van der Waals surface area contributed by atoms with E-state index in [2.05, 4.69) is 16.0 Å². The molecule has 0 aromatic carbocycles. The second kappa shape index (κ2) is 10.9. The van der Waals surface area contributed by atoms with Gasteiger partial charge in [0.2, 0.25) is 11.8 Å². The maximum atomic E-state index is 11.7. The van der Waals surface area contributed by atoms with Crippen LogP contribution < -0.4 is 16.0 Å². The monoisotopic (exact) mass is 305 g/mol. The second-order valence-electron chi connectivity index (χ2n) is 5.48. The molecule has 1 rings (SSSR count). The first-order valence-corrected chi connectivity index (χ1v) is 7.32. The topological polar surface area (TPSA) is 70.2 Å². The van der Waals surface area contributed by atoms with E-state index >= 15 is 0 Å². The maximum Gasteiger partial charge on any atom is 0.239 e. The first-order chi connectivity index (χ1) is 9.11. The van der Waals surface area contributed by atoms with Crippen molar-refractivity contribution in [1.29, 1.82) is 0 Å². The molecule has 20 heavy (non-hydrogen) atoms. The van der Waals surface area contributed by atoms with Crippen molar-refractivity contribution in [3.05, 3.63) is 0 Å². The van der Waals surface area contributed by atoms with E-state index in [0.717, 1.165) is 12.8 Å². The van der Waals surface area contributed by atoms with Gasteiger partial charge in [-0.2, -0.15) is 0 Å². The summed E-state index contributed by atoms with van der Waals surface area (Å²) in [5.41, 5.74) is 0. The van der Waals surface area contributed by atoms with Gasteiger partial charge in [-0.1, -0.05) is 19.3 Å². The van der Waals surface area contributed by atoms with Crippen LogP contribution in [0.2, 0.25) is 0 Å². The smallest absolute Gasteiger partial charge is 0.239 e. The summed E-state index contributed by atoms with van der Waals surface area (Å²) in [5.74, 6) is 0.393. The quantitative estimate of drug-likeness (QED) is 0.662. The van der Waals surface area contributed by atoms with Crippen molar-refractivity contribution < 1.29 is 9.59 Å². The predicted molar refractivity (Wildman–Crippen MR) is 83.0 cm³/mol. The van der Waals surface area contributed by atoms with Crippen molar-refractivity contribution in [2.45, 2.75) is 51.5 Å². The molecular formula is C14H28ClN3O2. The van der Waals surface area contributed by atoms with E-state index in [1.54, 1.807) is 0 Å². The predicted octanol–water partition coefficient (Wildman–Crippen LogP) is 1.22. The highest BCUT2D eigenvalue weighted by Crippen LogP contribution is 2.25. The molecule has 0 aromatic rings. The van der Waals surface area contributed by atoms with Crippen LogP contribution in [0.25, 0.3) is 0 Å². The lowest BCUT2D eigenvalue weighted by Crippen LogP contribution is -2.42. The third-order valence-electron chi connectivity index (χ3n) is 3.74. The van der Waals surface area contributed by atoms with E-state index in [1.807, 2.05) is 14.0 Å². The Morgan fingerprint density at radius 3 is 2.35 bits per heavy atom. The first kappa shape index (κ1) is 19.2. The highest BCUT2D eigenvalue weighted by atomic mass is 35.5. The zero-order valence-electron chi connectivity index (χ0n) is 12.5. The van der Waals surface area contributed by atoms with E-state index < -0.39 is 0 Å². The Balaban J connectivity index is 0.00000361. The minimum absolute atomic E-state index is 0. The molecule has 1 unspecified atom stereocenters. The van der Waals surface area contributed by atoms with E-state index in [9.17, 15) is 9.59 Å². The summed E-state index contributed by atoms with van der Waals surface area (Å²) in [5, 5.41) is 8.51. The van der Waals surface area contributed by atoms with Crippen LogP contribution in [0, 0.1) is 5.92 Å². The molecule has 0 aromatic heterocycles. The summed E-state index contributed by atoms with van der Waals surface area (Å²) in [4.78, 5) is 23.2. The molecule has 118 valence electrons. The van der Waals surface area contributed by atoms with Gasteiger partial charge in [0.15, 0.2) is 0 Å². The van der Waals surface area contributed by atoms with Crippen LogP contribution >= 0.6 is 12.4 Å². The van der Waals surface area contributed by atoms with Crippen molar-refractivity contribution in [2.75, 3.05) is 20.1 Å². The zero-order chi connectivity index (χ0) is 14.1.